The first-order valence-corrected chi connectivity index (χ1v) is 7.23. The molecule has 2 aromatic rings. The van der Waals surface area contributed by atoms with Gasteiger partial charge in [0.05, 0.1) is 5.56 Å². The second kappa shape index (κ2) is 9.10. The average molecular weight is 388 g/mol. The zero-order valence-corrected chi connectivity index (χ0v) is 14.5. The van der Waals surface area contributed by atoms with Crippen LogP contribution in [0, 0.1) is 0 Å². The topological polar surface area (TPSA) is 76.7 Å². The number of benzene rings is 2. The van der Waals surface area contributed by atoms with Crippen LogP contribution >= 0.6 is 12.4 Å². The highest BCUT2D eigenvalue weighted by molar-refractivity contribution is 6.05. The summed E-state index contributed by atoms with van der Waals surface area (Å²) in [6.45, 7) is -0.0229. The summed E-state index contributed by atoms with van der Waals surface area (Å²) < 4.78 is 45.1. The van der Waals surface area contributed by atoms with E-state index in [0.717, 1.165) is 17.7 Å². The van der Waals surface area contributed by atoms with Crippen molar-refractivity contribution in [2.75, 3.05) is 7.05 Å². The van der Waals surface area contributed by atoms with Crippen molar-refractivity contribution in [3.05, 3.63) is 65.2 Å². The number of alkyl halides is 3. The standard InChI is InChI=1S/C17H16F3N3O2.ClH/c1-22-16(21)23-15(24)12-7-8-14(13(9-12)17(18,19)20)25-10-11-5-3-2-4-6-11;/h2-9H,10H2,1H3,(H3,21,22,23,24);1H. The van der Waals surface area contributed by atoms with Gasteiger partial charge in [-0.1, -0.05) is 30.3 Å². The highest BCUT2D eigenvalue weighted by Crippen LogP contribution is 2.37. The van der Waals surface area contributed by atoms with E-state index in [1.54, 1.807) is 30.3 Å². The summed E-state index contributed by atoms with van der Waals surface area (Å²) in [6, 6.07) is 11.9. The number of nitrogens with two attached hydrogens (primary N) is 1. The van der Waals surface area contributed by atoms with Gasteiger partial charge in [-0.2, -0.15) is 13.2 Å². The molecule has 2 aromatic carbocycles. The molecule has 0 aliphatic carbocycles. The van der Waals surface area contributed by atoms with Gasteiger partial charge in [0.15, 0.2) is 5.96 Å². The molecule has 0 aliphatic rings. The minimum absolute atomic E-state index is 0. The first-order valence-electron chi connectivity index (χ1n) is 7.23. The number of aliphatic imine (C=N–C) groups is 1. The van der Waals surface area contributed by atoms with Crippen LogP contribution in [0.4, 0.5) is 13.2 Å². The summed E-state index contributed by atoms with van der Waals surface area (Å²) in [5.74, 6) is -1.34. The van der Waals surface area contributed by atoms with Gasteiger partial charge in [-0.05, 0) is 23.8 Å². The molecule has 3 N–H and O–H groups in total. The summed E-state index contributed by atoms with van der Waals surface area (Å²) in [5, 5.41) is 2.18. The molecule has 0 aliphatic heterocycles. The SMILES string of the molecule is CN=C(N)NC(=O)c1ccc(OCc2ccccc2)c(C(F)(F)F)c1.Cl. The molecule has 0 radical (unpaired) electrons. The van der Waals surface area contributed by atoms with Gasteiger partial charge in [0, 0.05) is 12.6 Å². The molecule has 0 atom stereocenters. The maximum Gasteiger partial charge on any atom is 0.419 e. The molecule has 1 amide bonds. The van der Waals surface area contributed by atoms with Gasteiger partial charge < -0.3 is 10.5 Å². The molecule has 9 heteroatoms. The Morgan fingerprint density at radius 2 is 1.85 bits per heavy atom. The number of nitrogens with zero attached hydrogens (tertiary/aromatic N) is 1. The first kappa shape index (κ1) is 21.3. The van der Waals surface area contributed by atoms with Crippen LogP contribution < -0.4 is 15.8 Å². The molecule has 0 fully saturated rings. The summed E-state index contributed by atoms with van der Waals surface area (Å²) in [7, 11) is 1.34. The minimum Gasteiger partial charge on any atom is -0.488 e. The Morgan fingerprint density at radius 1 is 1.19 bits per heavy atom. The average Bonchev–Trinajstić information content (AvgIpc) is 2.59. The van der Waals surface area contributed by atoms with E-state index < -0.39 is 17.6 Å². The lowest BCUT2D eigenvalue weighted by atomic mass is 10.1. The van der Waals surface area contributed by atoms with Crippen molar-refractivity contribution in [3.63, 3.8) is 0 Å². The van der Waals surface area contributed by atoms with Gasteiger partial charge >= 0.3 is 6.18 Å². The molecular formula is C17H17ClF3N3O2. The van der Waals surface area contributed by atoms with Gasteiger partial charge in [-0.15, -0.1) is 12.4 Å². The van der Waals surface area contributed by atoms with Crippen LogP contribution in [-0.2, 0) is 12.8 Å². The van der Waals surface area contributed by atoms with Crippen LogP contribution in [-0.4, -0.2) is 18.9 Å². The Labute approximate surface area is 154 Å². The number of hydrogen-bond acceptors (Lipinski definition) is 3. The first-order chi connectivity index (χ1) is 11.8. The fourth-order valence-electron chi connectivity index (χ4n) is 2.00. The number of carbonyl (C=O) groups excluding carboxylic acids is 1. The predicted molar refractivity (Wildman–Crippen MR) is 94.5 cm³/mol. The number of nitrogens with one attached hydrogen (secondary N) is 1. The largest absolute Gasteiger partial charge is 0.488 e. The summed E-state index contributed by atoms with van der Waals surface area (Å²) in [5.41, 5.74) is 4.83. The Kier molecular flexibility index (Phi) is 7.45. The third-order valence-electron chi connectivity index (χ3n) is 3.27. The summed E-state index contributed by atoms with van der Waals surface area (Å²) >= 11 is 0. The minimum atomic E-state index is -4.67. The van der Waals surface area contributed by atoms with Gasteiger partial charge in [-0.3, -0.25) is 15.1 Å². The van der Waals surface area contributed by atoms with E-state index in [4.69, 9.17) is 10.5 Å². The van der Waals surface area contributed by atoms with Crippen molar-refractivity contribution in [3.8, 4) is 5.75 Å². The van der Waals surface area contributed by atoms with Crippen LogP contribution in [0.5, 0.6) is 5.75 Å². The fraction of sp³-hybridized carbons (Fsp3) is 0.176. The summed E-state index contributed by atoms with van der Waals surface area (Å²) in [6.07, 6.45) is -4.67. The van der Waals surface area contributed by atoms with Crippen molar-refractivity contribution in [2.45, 2.75) is 12.8 Å². The molecule has 0 saturated carbocycles. The molecule has 26 heavy (non-hydrogen) atoms. The van der Waals surface area contributed by atoms with Gasteiger partial charge in [-0.25, -0.2) is 0 Å². The lowest BCUT2D eigenvalue weighted by molar-refractivity contribution is -0.139. The third-order valence-corrected chi connectivity index (χ3v) is 3.27. The Balaban J connectivity index is 0.00000338. The molecule has 0 spiro atoms. The van der Waals surface area contributed by atoms with Crippen LogP contribution in [0.1, 0.15) is 21.5 Å². The van der Waals surface area contributed by atoms with Gasteiger partial charge in [0.25, 0.3) is 5.91 Å². The van der Waals surface area contributed by atoms with Crippen molar-refractivity contribution < 1.29 is 22.7 Å². The van der Waals surface area contributed by atoms with Crippen molar-refractivity contribution in [2.24, 2.45) is 10.7 Å². The van der Waals surface area contributed by atoms with Gasteiger partial charge in [0.2, 0.25) is 0 Å². The van der Waals surface area contributed by atoms with Crippen molar-refractivity contribution in [1.29, 1.82) is 0 Å². The molecule has 0 unspecified atom stereocenters. The monoisotopic (exact) mass is 387 g/mol. The Bertz CT molecular complexity index is 781. The quantitative estimate of drug-likeness (QED) is 0.623. The number of ether oxygens (including phenoxy) is 1. The van der Waals surface area contributed by atoms with E-state index in [-0.39, 0.29) is 36.3 Å². The van der Waals surface area contributed by atoms with Crippen LogP contribution in [0.25, 0.3) is 0 Å². The predicted octanol–water partition coefficient (Wildman–Crippen LogP) is 3.38. The highest BCUT2D eigenvalue weighted by atomic mass is 35.5. The smallest absolute Gasteiger partial charge is 0.419 e. The Hall–Kier alpha value is -2.74. The third kappa shape index (κ3) is 5.66. The van der Waals surface area contributed by atoms with Gasteiger partial charge in [0.1, 0.15) is 12.4 Å². The van der Waals surface area contributed by atoms with E-state index in [0.29, 0.717) is 0 Å². The lowest BCUT2D eigenvalue weighted by Crippen LogP contribution is -2.36. The fourth-order valence-corrected chi connectivity index (χ4v) is 2.00. The van der Waals surface area contributed by atoms with Crippen LogP contribution in [0.3, 0.4) is 0 Å². The maximum absolute atomic E-state index is 13.3. The normalized spacial score (nSPS) is 11.5. The lowest BCUT2D eigenvalue weighted by Gasteiger charge is -2.15. The van der Waals surface area contributed by atoms with E-state index in [9.17, 15) is 18.0 Å². The Morgan fingerprint density at radius 3 is 2.42 bits per heavy atom. The molecular weight excluding hydrogens is 371 g/mol. The van der Waals surface area contributed by atoms with Crippen LogP contribution in [0.2, 0.25) is 0 Å². The van der Waals surface area contributed by atoms with E-state index in [1.807, 2.05) is 0 Å². The maximum atomic E-state index is 13.3. The molecule has 140 valence electrons. The zero-order chi connectivity index (χ0) is 18.4. The number of guanidine groups is 1. The van der Waals surface area contributed by atoms with Crippen molar-refractivity contribution >= 4 is 24.3 Å². The molecule has 0 heterocycles. The number of amides is 1. The van der Waals surface area contributed by atoms with Crippen LogP contribution in [0.15, 0.2) is 53.5 Å². The molecule has 0 aromatic heterocycles. The molecule has 2 rings (SSSR count). The van der Waals surface area contributed by atoms with Crippen molar-refractivity contribution in [1.82, 2.24) is 5.32 Å². The van der Waals surface area contributed by atoms with E-state index in [1.165, 1.54) is 13.1 Å². The highest BCUT2D eigenvalue weighted by Gasteiger charge is 2.35. The second-order valence-corrected chi connectivity index (χ2v) is 5.05. The molecule has 5 nitrogen and oxygen atoms in total. The second-order valence-electron chi connectivity index (χ2n) is 5.05. The number of rotatable bonds is 4. The molecule has 0 saturated heterocycles. The van der Waals surface area contributed by atoms with E-state index >= 15 is 0 Å². The number of halogens is 4. The molecule has 0 bridgehead atoms. The summed E-state index contributed by atoms with van der Waals surface area (Å²) in [4.78, 5) is 15.4. The number of hydrogen-bond donors (Lipinski definition) is 2. The van der Waals surface area contributed by atoms with E-state index in [2.05, 4.69) is 10.3 Å². The zero-order valence-electron chi connectivity index (χ0n) is 13.7. The number of carbonyl (C=O) groups is 1.